The van der Waals surface area contributed by atoms with Crippen LogP contribution >= 0.6 is 0 Å². The van der Waals surface area contributed by atoms with Crippen molar-refractivity contribution in [2.75, 3.05) is 0 Å². The van der Waals surface area contributed by atoms with Gasteiger partial charge in [0.05, 0.1) is 0 Å². The molecule has 0 fully saturated rings. The molecular formula is CH2AuN2. The van der Waals surface area contributed by atoms with Gasteiger partial charge in [-0.05, 0) is 0 Å². The van der Waals surface area contributed by atoms with E-state index in [1.54, 1.807) is 4.29 Å². The zero-order valence-corrected chi connectivity index (χ0v) is 3.99. The fourth-order valence-corrected chi connectivity index (χ4v) is 0. The molecule has 0 aliphatic heterocycles. The molecule has 0 unspecified atom stereocenters. The molecule has 0 aromatic heterocycles. The molecular weight excluding hydrogens is 237 g/mol. The van der Waals surface area contributed by atoms with Gasteiger partial charge in [0.15, 0.2) is 0 Å². The minimum atomic E-state index is -0.502. The molecule has 0 saturated heterocycles. The van der Waals surface area contributed by atoms with E-state index in [0.29, 0.717) is 0 Å². The van der Waals surface area contributed by atoms with Gasteiger partial charge in [-0.1, -0.05) is 0 Å². The Morgan fingerprint density at radius 2 is 2.25 bits per heavy atom. The molecule has 0 heterocycles. The summed E-state index contributed by atoms with van der Waals surface area (Å²) in [6.45, 7) is 0. The molecule has 0 aliphatic carbocycles. The third-order valence-corrected chi connectivity index (χ3v) is 0.319. The van der Waals surface area contributed by atoms with Gasteiger partial charge >= 0.3 is 33.7 Å². The van der Waals surface area contributed by atoms with Crippen LogP contribution < -0.4 is 4.14 Å². The van der Waals surface area contributed by atoms with E-state index >= 15 is 0 Å². The number of nitriles is 1. The first kappa shape index (κ1) is 4.19. The SMILES string of the molecule is N#[C][Au][NH2]. The van der Waals surface area contributed by atoms with Crippen molar-refractivity contribution in [1.29, 1.82) is 5.26 Å². The van der Waals surface area contributed by atoms with Gasteiger partial charge in [0.2, 0.25) is 0 Å². The number of nitrogens with zero attached hydrogens (tertiary/aromatic N) is 1. The van der Waals surface area contributed by atoms with Crippen LogP contribution in [-0.4, -0.2) is 0 Å². The van der Waals surface area contributed by atoms with Crippen molar-refractivity contribution in [3.8, 4) is 4.29 Å². The van der Waals surface area contributed by atoms with Crippen LogP contribution in [0.1, 0.15) is 0 Å². The first-order valence-corrected chi connectivity index (χ1v) is 2.88. The van der Waals surface area contributed by atoms with Crippen molar-refractivity contribution in [2.45, 2.75) is 0 Å². The Balaban J connectivity index is 2.43. The Morgan fingerprint density at radius 3 is 2.25 bits per heavy atom. The number of nitrogens with two attached hydrogens (primary N) is 1. The van der Waals surface area contributed by atoms with Gasteiger partial charge in [0.25, 0.3) is 0 Å². The van der Waals surface area contributed by atoms with Crippen molar-refractivity contribution in [3.05, 3.63) is 0 Å². The summed E-state index contributed by atoms with van der Waals surface area (Å²) < 4.78 is 6.57. The topological polar surface area (TPSA) is 49.8 Å². The summed E-state index contributed by atoms with van der Waals surface area (Å²) in [4.78, 5) is 0. The molecule has 0 atom stereocenters. The van der Waals surface area contributed by atoms with Crippen LogP contribution in [0.4, 0.5) is 0 Å². The van der Waals surface area contributed by atoms with Crippen LogP contribution in [0.2, 0.25) is 0 Å². The Labute approximate surface area is 34.2 Å². The van der Waals surface area contributed by atoms with Crippen molar-refractivity contribution < 1.29 is 20.0 Å². The first-order valence-electron chi connectivity index (χ1n) is 0.548. The summed E-state index contributed by atoms with van der Waals surface area (Å²) in [5.41, 5.74) is 0. The Bertz CT molecular complexity index is 35.8. The van der Waals surface area contributed by atoms with Crippen molar-refractivity contribution in [3.63, 3.8) is 0 Å². The summed E-state index contributed by atoms with van der Waals surface area (Å²) >= 11 is -0.502. The fraction of sp³-hybridized carbons (Fsp3) is 0. The molecule has 0 radical (unpaired) electrons. The quantitative estimate of drug-likeness (QED) is 0.575. The molecule has 0 spiro atoms. The van der Waals surface area contributed by atoms with Gasteiger partial charge in [0.1, 0.15) is 0 Å². The predicted molar refractivity (Wildman–Crippen MR) is 9.80 cm³/mol. The van der Waals surface area contributed by atoms with Crippen LogP contribution in [-0.2, 0) is 20.0 Å². The monoisotopic (exact) mass is 239 g/mol. The zero-order valence-electron chi connectivity index (χ0n) is 1.83. The third-order valence-electron chi connectivity index (χ3n) is 0.0389. The fourth-order valence-electron chi connectivity index (χ4n) is 0. The van der Waals surface area contributed by atoms with Crippen LogP contribution in [0.15, 0.2) is 0 Å². The molecule has 0 amide bonds. The molecule has 27 valence electrons. The van der Waals surface area contributed by atoms with Gasteiger partial charge in [0, 0.05) is 0 Å². The normalized spacial score (nSPS) is 6.00. The molecule has 2 nitrogen and oxygen atoms in total. The van der Waals surface area contributed by atoms with E-state index in [4.69, 9.17) is 9.40 Å². The first-order chi connectivity index (χ1) is 1.91. The van der Waals surface area contributed by atoms with E-state index in [2.05, 4.69) is 0 Å². The number of hydrogen-bond acceptors (Lipinski definition) is 2. The van der Waals surface area contributed by atoms with Crippen molar-refractivity contribution in [2.24, 2.45) is 4.14 Å². The summed E-state index contributed by atoms with van der Waals surface area (Å²) in [7, 11) is 0. The molecule has 0 aromatic rings. The van der Waals surface area contributed by atoms with Crippen LogP contribution in [0.3, 0.4) is 0 Å². The molecule has 0 rings (SSSR count). The molecule has 0 bridgehead atoms. The van der Waals surface area contributed by atoms with E-state index in [-0.39, 0.29) is 0 Å². The molecule has 0 saturated carbocycles. The maximum absolute atomic E-state index is 7.54. The average molecular weight is 239 g/mol. The van der Waals surface area contributed by atoms with E-state index in [9.17, 15) is 0 Å². The van der Waals surface area contributed by atoms with Crippen LogP contribution in [0, 0.1) is 9.55 Å². The van der Waals surface area contributed by atoms with E-state index in [1.807, 2.05) is 0 Å². The maximum atomic E-state index is 7.54. The second-order valence-corrected chi connectivity index (χ2v) is 1.26. The van der Waals surface area contributed by atoms with Gasteiger partial charge in [-0.2, -0.15) is 0 Å². The zero-order chi connectivity index (χ0) is 3.41. The molecule has 4 heavy (non-hydrogen) atoms. The molecule has 0 aromatic carbocycles. The Hall–Kier alpha value is 0.190. The van der Waals surface area contributed by atoms with Gasteiger partial charge in [-0.25, -0.2) is 0 Å². The standard InChI is InChI=1S/CN.Au.H2N/c1-2;;/h;;1H2/q;+1;-1. The van der Waals surface area contributed by atoms with Gasteiger partial charge in [-0.3, -0.25) is 0 Å². The van der Waals surface area contributed by atoms with Crippen molar-refractivity contribution in [1.82, 2.24) is 0 Å². The van der Waals surface area contributed by atoms with E-state index in [1.165, 1.54) is 0 Å². The summed E-state index contributed by atoms with van der Waals surface area (Å²) in [6.07, 6.45) is 0. The Morgan fingerprint density at radius 1 is 2.00 bits per heavy atom. The second kappa shape index (κ2) is 3.19. The Kier molecular flexibility index (Phi) is 3.34. The van der Waals surface area contributed by atoms with Crippen molar-refractivity contribution >= 4 is 0 Å². The minimum absolute atomic E-state index is 0.502. The number of hydrogen-bond donors (Lipinski definition) is 1. The van der Waals surface area contributed by atoms with Gasteiger partial charge < -0.3 is 0 Å². The van der Waals surface area contributed by atoms with Crippen LogP contribution in [0.5, 0.6) is 0 Å². The summed E-state index contributed by atoms with van der Waals surface area (Å²) in [6, 6.07) is 0. The summed E-state index contributed by atoms with van der Waals surface area (Å²) in [5.74, 6) is 0. The number of rotatable bonds is 0. The predicted octanol–water partition coefficient (Wildman–Crippen LogP) is -0.576. The third kappa shape index (κ3) is 2.19. The van der Waals surface area contributed by atoms with E-state index < -0.39 is 20.0 Å². The van der Waals surface area contributed by atoms with Crippen LogP contribution in [0.25, 0.3) is 0 Å². The van der Waals surface area contributed by atoms with Gasteiger partial charge in [-0.15, -0.1) is 0 Å². The van der Waals surface area contributed by atoms with E-state index in [0.717, 1.165) is 0 Å². The molecule has 3 heteroatoms. The summed E-state index contributed by atoms with van der Waals surface area (Å²) in [5, 5.41) is 7.54. The average Bonchev–Trinajstić information content (AvgIpc) is 1.37. The molecule has 0 aliphatic rings. The second-order valence-electron chi connectivity index (χ2n) is 0.154. The molecule has 2 N–H and O–H groups in total.